The second-order valence-corrected chi connectivity index (χ2v) is 5.35. The van der Waals surface area contributed by atoms with Crippen LogP contribution in [0.1, 0.15) is 44.2 Å². The fraction of sp³-hybridized carbons (Fsp3) is 0.529. The second-order valence-electron chi connectivity index (χ2n) is 5.35. The smallest absolute Gasteiger partial charge is 0.313 e. The highest BCUT2D eigenvalue weighted by Gasteiger charge is 2.21. The molecule has 0 aromatic heterocycles. The molecule has 21 heavy (non-hydrogen) atoms. The lowest BCUT2D eigenvalue weighted by atomic mass is 10.1. The third kappa shape index (κ3) is 4.88. The third-order valence-corrected chi connectivity index (χ3v) is 3.61. The molecular formula is C17H26N2O2. The largest absolute Gasteiger partial charge is 0.334 e. The molecule has 0 radical (unpaired) electrons. The summed E-state index contributed by atoms with van der Waals surface area (Å²) in [4.78, 5) is 26.0. The molecule has 0 aliphatic carbocycles. The van der Waals surface area contributed by atoms with Gasteiger partial charge < -0.3 is 10.2 Å². The Kier molecular flexibility index (Phi) is 6.92. The SMILES string of the molecule is CCCCN(CCC)C(=O)C(=O)Nc1cccc(C)c1C. The van der Waals surface area contributed by atoms with Crippen molar-refractivity contribution in [1.82, 2.24) is 4.90 Å². The van der Waals surface area contributed by atoms with Gasteiger partial charge >= 0.3 is 11.8 Å². The number of hydrogen-bond donors (Lipinski definition) is 1. The van der Waals surface area contributed by atoms with Crippen LogP contribution in [0.3, 0.4) is 0 Å². The average molecular weight is 290 g/mol. The van der Waals surface area contributed by atoms with Crippen LogP contribution in [-0.2, 0) is 9.59 Å². The Balaban J connectivity index is 2.76. The van der Waals surface area contributed by atoms with E-state index in [2.05, 4.69) is 12.2 Å². The van der Waals surface area contributed by atoms with Gasteiger partial charge in [0.1, 0.15) is 0 Å². The molecule has 116 valence electrons. The fourth-order valence-corrected chi connectivity index (χ4v) is 2.14. The van der Waals surface area contributed by atoms with Crippen molar-refractivity contribution in [1.29, 1.82) is 0 Å². The summed E-state index contributed by atoms with van der Waals surface area (Å²) in [6, 6.07) is 5.69. The third-order valence-electron chi connectivity index (χ3n) is 3.61. The van der Waals surface area contributed by atoms with Gasteiger partial charge in [-0.1, -0.05) is 32.4 Å². The summed E-state index contributed by atoms with van der Waals surface area (Å²) in [6.07, 6.45) is 2.78. The summed E-state index contributed by atoms with van der Waals surface area (Å²) in [5.74, 6) is -0.987. The van der Waals surface area contributed by atoms with Gasteiger partial charge in [0.25, 0.3) is 0 Å². The van der Waals surface area contributed by atoms with Crippen LogP contribution in [0.5, 0.6) is 0 Å². The summed E-state index contributed by atoms with van der Waals surface area (Å²) in [5, 5.41) is 2.74. The molecule has 1 aromatic rings. The van der Waals surface area contributed by atoms with Crippen LogP contribution in [0.4, 0.5) is 5.69 Å². The van der Waals surface area contributed by atoms with E-state index in [1.807, 2.05) is 39.0 Å². The zero-order valence-electron chi connectivity index (χ0n) is 13.5. The first-order chi connectivity index (χ1) is 10.0. The minimum atomic E-state index is -0.548. The van der Waals surface area contributed by atoms with E-state index >= 15 is 0 Å². The van der Waals surface area contributed by atoms with Gasteiger partial charge in [-0.3, -0.25) is 9.59 Å². The average Bonchev–Trinajstić information content (AvgIpc) is 2.47. The van der Waals surface area contributed by atoms with E-state index in [1.165, 1.54) is 0 Å². The molecule has 1 rings (SSSR count). The Hall–Kier alpha value is -1.84. The molecule has 0 spiro atoms. The van der Waals surface area contributed by atoms with Crippen molar-refractivity contribution in [2.45, 2.75) is 47.0 Å². The lowest BCUT2D eigenvalue weighted by Gasteiger charge is -2.21. The lowest BCUT2D eigenvalue weighted by Crippen LogP contribution is -2.40. The molecule has 0 atom stereocenters. The molecule has 0 bridgehead atoms. The Morgan fingerprint density at radius 1 is 1.10 bits per heavy atom. The lowest BCUT2D eigenvalue weighted by molar-refractivity contribution is -0.143. The molecule has 0 saturated carbocycles. The van der Waals surface area contributed by atoms with E-state index in [4.69, 9.17) is 0 Å². The summed E-state index contributed by atoms with van der Waals surface area (Å²) < 4.78 is 0. The topological polar surface area (TPSA) is 49.4 Å². The van der Waals surface area contributed by atoms with Crippen molar-refractivity contribution < 1.29 is 9.59 Å². The van der Waals surface area contributed by atoms with Gasteiger partial charge in [-0.05, 0) is 43.9 Å². The molecule has 0 saturated heterocycles. The number of aryl methyl sites for hydroxylation is 1. The molecular weight excluding hydrogens is 264 g/mol. The monoisotopic (exact) mass is 290 g/mol. The highest BCUT2D eigenvalue weighted by atomic mass is 16.2. The maximum absolute atomic E-state index is 12.3. The summed E-state index contributed by atoms with van der Waals surface area (Å²) in [5.41, 5.74) is 2.80. The number of amides is 2. The van der Waals surface area contributed by atoms with E-state index in [1.54, 1.807) is 4.90 Å². The van der Waals surface area contributed by atoms with Crippen molar-refractivity contribution >= 4 is 17.5 Å². The minimum absolute atomic E-state index is 0.439. The number of rotatable bonds is 6. The first-order valence-electron chi connectivity index (χ1n) is 7.67. The highest BCUT2D eigenvalue weighted by molar-refractivity contribution is 6.39. The number of nitrogens with one attached hydrogen (secondary N) is 1. The maximum Gasteiger partial charge on any atom is 0.313 e. The van der Waals surface area contributed by atoms with Gasteiger partial charge in [-0.15, -0.1) is 0 Å². The summed E-state index contributed by atoms with van der Waals surface area (Å²) >= 11 is 0. The van der Waals surface area contributed by atoms with E-state index in [-0.39, 0.29) is 0 Å². The van der Waals surface area contributed by atoms with Crippen molar-refractivity contribution in [3.8, 4) is 0 Å². The highest BCUT2D eigenvalue weighted by Crippen LogP contribution is 2.18. The normalized spacial score (nSPS) is 10.3. The van der Waals surface area contributed by atoms with Crippen LogP contribution in [-0.4, -0.2) is 29.8 Å². The first-order valence-corrected chi connectivity index (χ1v) is 7.67. The fourth-order valence-electron chi connectivity index (χ4n) is 2.14. The molecule has 1 aromatic carbocycles. The number of hydrogen-bond acceptors (Lipinski definition) is 2. The van der Waals surface area contributed by atoms with E-state index in [9.17, 15) is 9.59 Å². The number of nitrogens with zero attached hydrogens (tertiary/aromatic N) is 1. The van der Waals surface area contributed by atoms with E-state index in [0.717, 1.165) is 30.4 Å². The molecule has 4 heteroatoms. The van der Waals surface area contributed by atoms with Crippen LogP contribution < -0.4 is 5.32 Å². The van der Waals surface area contributed by atoms with Crippen LogP contribution in [0, 0.1) is 13.8 Å². The molecule has 2 amide bonds. The maximum atomic E-state index is 12.3. The number of benzene rings is 1. The standard InChI is InChI=1S/C17H26N2O2/c1-5-7-12-19(11-6-2)17(21)16(20)18-15-10-8-9-13(3)14(15)4/h8-10H,5-7,11-12H2,1-4H3,(H,18,20). The van der Waals surface area contributed by atoms with Crippen LogP contribution >= 0.6 is 0 Å². The number of carbonyl (C=O) groups excluding carboxylic acids is 2. The molecule has 0 unspecified atom stereocenters. The van der Waals surface area contributed by atoms with Crippen molar-refractivity contribution in [2.24, 2.45) is 0 Å². The first kappa shape index (κ1) is 17.2. The van der Waals surface area contributed by atoms with Gasteiger partial charge in [0.15, 0.2) is 0 Å². The summed E-state index contributed by atoms with van der Waals surface area (Å²) in [7, 11) is 0. The Labute approximate surface area is 127 Å². The molecule has 0 heterocycles. The van der Waals surface area contributed by atoms with E-state index < -0.39 is 11.8 Å². The number of carbonyl (C=O) groups is 2. The minimum Gasteiger partial charge on any atom is -0.334 e. The molecule has 4 nitrogen and oxygen atoms in total. The number of unbranched alkanes of at least 4 members (excludes halogenated alkanes) is 1. The zero-order valence-corrected chi connectivity index (χ0v) is 13.5. The van der Waals surface area contributed by atoms with Gasteiger partial charge in [0.2, 0.25) is 0 Å². The Morgan fingerprint density at radius 2 is 1.81 bits per heavy atom. The van der Waals surface area contributed by atoms with Crippen LogP contribution in [0.2, 0.25) is 0 Å². The second kappa shape index (κ2) is 8.45. The summed E-state index contributed by atoms with van der Waals surface area (Å²) in [6.45, 7) is 9.27. The Morgan fingerprint density at radius 3 is 2.43 bits per heavy atom. The van der Waals surface area contributed by atoms with E-state index in [0.29, 0.717) is 18.8 Å². The van der Waals surface area contributed by atoms with Gasteiger partial charge in [-0.25, -0.2) is 0 Å². The van der Waals surface area contributed by atoms with Crippen LogP contribution in [0.25, 0.3) is 0 Å². The van der Waals surface area contributed by atoms with Crippen molar-refractivity contribution in [2.75, 3.05) is 18.4 Å². The molecule has 0 fully saturated rings. The van der Waals surface area contributed by atoms with Crippen molar-refractivity contribution in [3.63, 3.8) is 0 Å². The van der Waals surface area contributed by atoms with Gasteiger partial charge in [0.05, 0.1) is 0 Å². The predicted molar refractivity (Wildman–Crippen MR) is 86.3 cm³/mol. The zero-order chi connectivity index (χ0) is 15.8. The predicted octanol–water partition coefficient (Wildman–Crippen LogP) is 3.28. The quantitative estimate of drug-likeness (QED) is 0.817. The number of anilines is 1. The van der Waals surface area contributed by atoms with Gasteiger partial charge in [0, 0.05) is 18.8 Å². The molecule has 0 aliphatic heterocycles. The van der Waals surface area contributed by atoms with Crippen LogP contribution in [0.15, 0.2) is 18.2 Å². The van der Waals surface area contributed by atoms with Crippen molar-refractivity contribution in [3.05, 3.63) is 29.3 Å². The molecule has 1 N–H and O–H groups in total. The van der Waals surface area contributed by atoms with Gasteiger partial charge in [-0.2, -0.15) is 0 Å². The Bertz CT molecular complexity index is 498. The molecule has 0 aliphatic rings.